The molecule has 1 rings (SSSR count). The minimum atomic E-state index is -0.138. The maximum absolute atomic E-state index is 11.5. The number of carbonyl (C=O) groups is 1. The largest absolute Gasteiger partial charge is 0.465 e. The lowest BCUT2D eigenvalue weighted by Gasteiger charge is -2.33. The van der Waals surface area contributed by atoms with Gasteiger partial charge in [-0.05, 0) is 26.3 Å². The summed E-state index contributed by atoms with van der Waals surface area (Å²) in [6.07, 6.45) is 3.04. The van der Waals surface area contributed by atoms with Gasteiger partial charge in [0.05, 0.1) is 13.2 Å². The van der Waals surface area contributed by atoms with Crippen LogP contribution in [-0.2, 0) is 9.53 Å². The molecular formula is C10H19NO3. The van der Waals surface area contributed by atoms with E-state index in [2.05, 4.69) is 0 Å². The molecule has 1 heterocycles. The number of rotatable bonds is 4. The Morgan fingerprint density at radius 1 is 1.57 bits per heavy atom. The quantitative estimate of drug-likeness (QED) is 0.669. The molecule has 0 saturated carbocycles. The second-order valence-corrected chi connectivity index (χ2v) is 3.52. The average molecular weight is 201 g/mol. The summed E-state index contributed by atoms with van der Waals surface area (Å²) in [6.45, 7) is 3.82. The van der Waals surface area contributed by atoms with E-state index in [9.17, 15) is 4.79 Å². The van der Waals surface area contributed by atoms with Gasteiger partial charge in [-0.1, -0.05) is 6.42 Å². The maximum Gasteiger partial charge on any atom is 0.323 e. The Labute approximate surface area is 84.8 Å². The molecule has 0 aliphatic carbocycles. The number of likely N-dealkylation sites (tertiary alicyclic amines) is 1. The zero-order chi connectivity index (χ0) is 10.4. The summed E-state index contributed by atoms with van der Waals surface area (Å²) >= 11 is 0. The number of ether oxygens (including phenoxy) is 1. The first-order valence-corrected chi connectivity index (χ1v) is 5.31. The molecule has 0 bridgehead atoms. The molecule has 1 unspecified atom stereocenters. The molecule has 1 fully saturated rings. The number of hydrogen-bond donors (Lipinski definition) is 1. The molecule has 0 aromatic heterocycles. The van der Waals surface area contributed by atoms with Crippen molar-refractivity contribution in [3.8, 4) is 0 Å². The van der Waals surface area contributed by atoms with Gasteiger partial charge in [-0.15, -0.1) is 0 Å². The van der Waals surface area contributed by atoms with Crippen molar-refractivity contribution >= 4 is 5.97 Å². The molecular weight excluding hydrogens is 182 g/mol. The van der Waals surface area contributed by atoms with Gasteiger partial charge in [0, 0.05) is 6.54 Å². The van der Waals surface area contributed by atoms with Crippen LogP contribution in [0.4, 0.5) is 0 Å². The van der Waals surface area contributed by atoms with Crippen molar-refractivity contribution in [1.82, 2.24) is 4.90 Å². The number of esters is 1. The Hall–Kier alpha value is -0.610. The van der Waals surface area contributed by atoms with E-state index in [4.69, 9.17) is 9.84 Å². The van der Waals surface area contributed by atoms with E-state index < -0.39 is 0 Å². The van der Waals surface area contributed by atoms with Crippen LogP contribution >= 0.6 is 0 Å². The zero-order valence-corrected chi connectivity index (χ0v) is 8.74. The van der Waals surface area contributed by atoms with Crippen molar-refractivity contribution in [2.75, 3.05) is 26.3 Å². The summed E-state index contributed by atoms with van der Waals surface area (Å²) in [4.78, 5) is 13.6. The van der Waals surface area contributed by atoms with E-state index in [0.29, 0.717) is 13.2 Å². The minimum absolute atomic E-state index is 0.107. The summed E-state index contributed by atoms with van der Waals surface area (Å²) < 4.78 is 5.00. The summed E-state index contributed by atoms with van der Waals surface area (Å²) in [6, 6.07) is -0.129. The fraction of sp³-hybridized carbons (Fsp3) is 0.900. The highest BCUT2D eigenvalue weighted by atomic mass is 16.5. The van der Waals surface area contributed by atoms with E-state index in [0.717, 1.165) is 25.8 Å². The van der Waals surface area contributed by atoms with Crippen LogP contribution < -0.4 is 0 Å². The Morgan fingerprint density at radius 2 is 2.36 bits per heavy atom. The molecule has 1 saturated heterocycles. The highest BCUT2D eigenvalue weighted by molar-refractivity contribution is 5.75. The smallest absolute Gasteiger partial charge is 0.323 e. The van der Waals surface area contributed by atoms with Gasteiger partial charge in [0.1, 0.15) is 6.04 Å². The number of carbonyl (C=O) groups excluding carboxylic acids is 1. The summed E-state index contributed by atoms with van der Waals surface area (Å²) in [5, 5.41) is 8.85. The molecule has 0 spiro atoms. The topological polar surface area (TPSA) is 49.8 Å². The number of hydrogen-bond acceptors (Lipinski definition) is 4. The predicted molar refractivity (Wildman–Crippen MR) is 52.9 cm³/mol. The first-order chi connectivity index (χ1) is 6.79. The fourth-order valence-corrected chi connectivity index (χ4v) is 1.89. The van der Waals surface area contributed by atoms with Crippen LogP contribution in [0.5, 0.6) is 0 Å². The van der Waals surface area contributed by atoms with Crippen LogP contribution in [0.1, 0.15) is 26.2 Å². The van der Waals surface area contributed by atoms with E-state index in [1.54, 1.807) is 0 Å². The molecule has 4 heteroatoms. The van der Waals surface area contributed by atoms with Crippen molar-refractivity contribution in [3.63, 3.8) is 0 Å². The molecule has 1 N–H and O–H groups in total. The highest BCUT2D eigenvalue weighted by Gasteiger charge is 2.28. The molecule has 82 valence electrons. The van der Waals surface area contributed by atoms with Gasteiger partial charge in [-0.25, -0.2) is 0 Å². The molecule has 1 aliphatic heterocycles. The van der Waals surface area contributed by atoms with Crippen LogP contribution in [0.25, 0.3) is 0 Å². The average Bonchev–Trinajstić information content (AvgIpc) is 2.19. The maximum atomic E-state index is 11.5. The molecule has 0 aromatic carbocycles. The molecule has 4 nitrogen and oxygen atoms in total. The number of aliphatic hydroxyl groups excluding tert-OH is 1. The van der Waals surface area contributed by atoms with Gasteiger partial charge in [-0.3, -0.25) is 9.69 Å². The Morgan fingerprint density at radius 3 is 3.00 bits per heavy atom. The first kappa shape index (κ1) is 11.5. The van der Waals surface area contributed by atoms with E-state index >= 15 is 0 Å². The van der Waals surface area contributed by atoms with Crippen molar-refractivity contribution in [2.24, 2.45) is 0 Å². The van der Waals surface area contributed by atoms with Gasteiger partial charge in [0.2, 0.25) is 0 Å². The van der Waals surface area contributed by atoms with Crippen LogP contribution in [0.2, 0.25) is 0 Å². The molecule has 0 radical (unpaired) electrons. The number of nitrogens with zero attached hydrogens (tertiary/aromatic N) is 1. The fourth-order valence-electron chi connectivity index (χ4n) is 1.89. The standard InChI is InChI=1S/C10H19NO3/c1-2-14-10(13)9-5-3-4-6-11(9)7-8-12/h9,12H,2-8H2,1H3. The van der Waals surface area contributed by atoms with Crippen molar-refractivity contribution in [2.45, 2.75) is 32.2 Å². The third kappa shape index (κ3) is 2.96. The van der Waals surface area contributed by atoms with E-state index in [-0.39, 0.29) is 18.6 Å². The monoisotopic (exact) mass is 201 g/mol. The summed E-state index contributed by atoms with van der Waals surface area (Å²) in [5.41, 5.74) is 0. The Kier molecular flexibility index (Phi) is 4.90. The van der Waals surface area contributed by atoms with Gasteiger partial charge in [-0.2, -0.15) is 0 Å². The van der Waals surface area contributed by atoms with Crippen LogP contribution in [0.15, 0.2) is 0 Å². The Balaban J connectivity index is 2.48. The summed E-state index contributed by atoms with van der Waals surface area (Å²) in [5.74, 6) is -0.138. The first-order valence-electron chi connectivity index (χ1n) is 5.31. The zero-order valence-electron chi connectivity index (χ0n) is 8.74. The molecule has 0 aromatic rings. The lowest BCUT2D eigenvalue weighted by molar-refractivity contribution is -0.151. The normalized spacial score (nSPS) is 23.4. The lowest BCUT2D eigenvalue weighted by Crippen LogP contribution is -2.46. The molecule has 1 atom stereocenters. The highest BCUT2D eigenvalue weighted by Crippen LogP contribution is 2.17. The Bertz CT molecular complexity index is 182. The van der Waals surface area contributed by atoms with Gasteiger partial charge < -0.3 is 9.84 Å². The van der Waals surface area contributed by atoms with Crippen molar-refractivity contribution in [3.05, 3.63) is 0 Å². The van der Waals surface area contributed by atoms with Gasteiger partial charge in [0.25, 0.3) is 0 Å². The van der Waals surface area contributed by atoms with Crippen LogP contribution in [-0.4, -0.2) is 48.3 Å². The van der Waals surface area contributed by atoms with Crippen molar-refractivity contribution in [1.29, 1.82) is 0 Å². The minimum Gasteiger partial charge on any atom is -0.465 e. The lowest BCUT2D eigenvalue weighted by atomic mass is 10.0. The molecule has 1 aliphatic rings. The van der Waals surface area contributed by atoms with E-state index in [1.165, 1.54) is 0 Å². The third-order valence-electron chi connectivity index (χ3n) is 2.56. The SMILES string of the molecule is CCOC(=O)C1CCCCN1CCO. The number of β-amino-alcohol motifs (C(OH)–C–C–N with tert-alkyl or cyclic N) is 1. The van der Waals surface area contributed by atoms with Gasteiger partial charge >= 0.3 is 5.97 Å². The second kappa shape index (κ2) is 5.98. The summed E-state index contributed by atoms with van der Waals surface area (Å²) in [7, 11) is 0. The predicted octanol–water partition coefficient (Wildman–Crippen LogP) is 0.396. The van der Waals surface area contributed by atoms with Crippen molar-refractivity contribution < 1.29 is 14.6 Å². The van der Waals surface area contributed by atoms with Gasteiger partial charge in [0.15, 0.2) is 0 Å². The number of aliphatic hydroxyl groups is 1. The second-order valence-electron chi connectivity index (χ2n) is 3.52. The molecule has 0 amide bonds. The number of piperidine rings is 1. The third-order valence-corrected chi connectivity index (χ3v) is 2.56. The van der Waals surface area contributed by atoms with Crippen LogP contribution in [0, 0.1) is 0 Å². The van der Waals surface area contributed by atoms with Crippen LogP contribution in [0.3, 0.4) is 0 Å². The molecule has 14 heavy (non-hydrogen) atoms. The van der Waals surface area contributed by atoms with E-state index in [1.807, 2.05) is 11.8 Å².